The topological polar surface area (TPSA) is 46.2 Å². The van der Waals surface area contributed by atoms with Gasteiger partial charge in [-0.3, -0.25) is 0 Å². The second-order valence-electron chi connectivity index (χ2n) is 5.63. The van der Waals surface area contributed by atoms with Crippen LogP contribution in [0.2, 0.25) is 0 Å². The molecule has 3 nitrogen and oxygen atoms in total. The van der Waals surface area contributed by atoms with Gasteiger partial charge >= 0.3 is 0 Å². The van der Waals surface area contributed by atoms with Crippen LogP contribution >= 0.6 is 0 Å². The lowest BCUT2D eigenvalue weighted by atomic mass is 9.80. The third-order valence-electron chi connectivity index (χ3n) is 3.83. The van der Waals surface area contributed by atoms with Crippen LogP contribution in [0.25, 0.3) is 0 Å². The highest BCUT2D eigenvalue weighted by Crippen LogP contribution is 2.38. The van der Waals surface area contributed by atoms with Gasteiger partial charge in [-0.15, -0.1) is 0 Å². The van der Waals surface area contributed by atoms with Gasteiger partial charge in [0.05, 0.1) is 0 Å². The first-order chi connectivity index (χ1) is 8.73. The standard InChI is InChI=1S/C13H25F2NO2S/c1-3-16-12(5-4-10-19(2,17)18)11-6-8-13(14,15)9-7-11/h11-12,16H,3-10H2,1-2H3. The van der Waals surface area contributed by atoms with Crippen LogP contribution in [0.3, 0.4) is 0 Å². The van der Waals surface area contributed by atoms with Gasteiger partial charge in [-0.05, 0) is 38.1 Å². The quantitative estimate of drug-likeness (QED) is 0.785. The summed E-state index contributed by atoms with van der Waals surface area (Å²) < 4.78 is 48.5. The van der Waals surface area contributed by atoms with Gasteiger partial charge in [-0.1, -0.05) is 6.92 Å². The van der Waals surface area contributed by atoms with Crippen LogP contribution in [0, 0.1) is 5.92 Å². The number of nitrogens with one attached hydrogen (secondary N) is 1. The Balaban J connectivity index is 2.44. The Labute approximate surface area is 115 Å². The highest BCUT2D eigenvalue weighted by atomic mass is 32.2. The highest BCUT2D eigenvalue weighted by molar-refractivity contribution is 7.90. The minimum atomic E-state index is -2.93. The lowest BCUT2D eigenvalue weighted by Crippen LogP contribution is -2.40. The molecular weight excluding hydrogens is 272 g/mol. The molecule has 0 aromatic carbocycles. The second-order valence-corrected chi connectivity index (χ2v) is 7.89. The molecule has 1 fully saturated rings. The van der Waals surface area contributed by atoms with E-state index in [9.17, 15) is 17.2 Å². The summed E-state index contributed by atoms with van der Waals surface area (Å²) in [7, 11) is -2.93. The first kappa shape index (κ1) is 16.8. The molecule has 1 aliphatic rings. The summed E-state index contributed by atoms with van der Waals surface area (Å²) >= 11 is 0. The summed E-state index contributed by atoms with van der Waals surface area (Å²) in [5.74, 6) is -2.07. The molecule has 0 amide bonds. The first-order valence-corrected chi connectivity index (χ1v) is 9.08. The summed E-state index contributed by atoms with van der Waals surface area (Å²) in [5.41, 5.74) is 0. The Hall–Kier alpha value is -0.230. The largest absolute Gasteiger partial charge is 0.314 e. The zero-order valence-corrected chi connectivity index (χ0v) is 12.6. The number of halogens is 2. The van der Waals surface area contributed by atoms with Crippen molar-refractivity contribution in [3.8, 4) is 0 Å². The molecule has 0 aliphatic heterocycles. The summed E-state index contributed by atoms with van der Waals surface area (Å²) in [6, 6.07) is 0.169. The average Bonchev–Trinajstić information content (AvgIpc) is 2.26. The Bertz CT molecular complexity index is 361. The zero-order chi connectivity index (χ0) is 14.5. The van der Waals surface area contributed by atoms with E-state index in [0.717, 1.165) is 13.0 Å². The number of alkyl halides is 2. The second kappa shape index (κ2) is 6.97. The van der Waals surface area contributed by atoms with Crippen molar-refractivity contribution in [2.24, 2.45) is 5.92 Å². The number of hydrogen-bond acceptors (Lipinski definition) is 3. The van der Waals surface area contributed by atoms with Crippen molar-refractivity contribution in [1.29, 1.82) is 0 Å². The summed E-state index contributed by atoms with van der Waals surface area (Å²) in [4.78, 5) is 0. The molecule has 0 saturated heterocycles. The molecule has 0 bridgehead atoms. The van der Waals surface area contributed by atoms with Crippen molar-refractivity contribution in [2.75, 3.05) is 18.6 Å². The number of rotatable bonds is 7. The molecule has 1 atom stereocenters. The minimum Gasteiger partial charge on any atom is -0.314 e. The molecule has 0 radical (unpaired) electrons. The Kier molecular flexibility index (Phi) is 6.17. The van der Waals surface area contributed by atoms with E-state index in [2.05, 4.69) is 5.32 Å². The van der Waals surface area contributed by atoms with Crippen LogP contribution in [-0.4, -0.2) is 38.9 Å². The third kappa shape index (κ3) is 6.65. The van der Waals surface area contributed by atoms with E-state index in [4.69, 9.17) is 0 Å². The molecule has 1 saturated carbocycles. The fourth-order valence-corrected chi connectivity index (χ4v) is 3.49. The van der Waals surface area contributed by atoms with Crippen molar-refractivity contribution >= 4 is 9.84 Å². The predicted molar refractivity (Wildman–Crippen MR) is 73.3 cm³/mol. The van der Waals surface area contributed by atoms with Crippen LogP contribution in [0.4, 0.5) is 8.78 Å². The van der Waals surface area contributed by atoms with Gasteiger partial charge in [-0.25, -0.2) is 17.2 Å². The molecule has 0 heterocycles. The summed E-state index contributed by atoms with van der Waals surface area (Å²) in [6.07, 6.45) is 3.57. The Morgan fingerprint density at radius 1 is 1.32 bits per heavy atom. The van der Waals surface area contributed by atoms with E-state index >= 15 is 0 Å². The van der Waals surface area contributed by atoms with Gasteiger partial charge < -0.3 is 5.32 Å². The molecule has 114 valence electrons. The molecule has 1 aliphatic carbocycles. The fraction of sp³-hybridized carbons (Fsp3) is 1.00. The normalized spacial score (nSPS) is 22.3. The zero-order valence-electron chi connectivity index (χ0n) is 11.8. The molecular formula is C13H25F2NO2S. The monoisotopic (exact) mass is 297 g/mol. The Morgan fingerprint density at radius 2 is 1.89 bits per heavy atom. The lowest BCUT2D eigenvalue weighted by molar-refractivity contribution is -0.0498. The first-order valence-electron chi connectivity index (χ1n) is 7.02. The summed E-state index contributed by atoms with van der Waals surface area (Å²) in [5, 5.41) is 3.33. The maximum Gasteiger partial charge on any atom is 0.248 e. The van der Waals surface area contributed by atoms with E-state index in [1.807, 2.05) is 6.92 Å². The van der Waals surface area contributed by atoms with E-state index < -0.39 is 15.8 Å². The van der Waals surface area contributed by atoms with E-state index in [1.165, 1.54) is 6.26 Å². The predicted octanol–water partition coefficient (Wildman–Crippen LogP) is 2.61. The van der Waals surface area contributed by atoms with E-state index in [1.54, 1.807) is 0 Å². The molecule has 19 heavy (non-hydrogen) atoms. The van der Waals surface area contributed by atoms with E-state index in [0.29, 0.717) is 19.3 Å². The number of sulfone groups is 1. The molecule has 1 N–H and O–H groups in total. The van der Waals surface area contributed by atoms with Gasteiger partial charge in [0.1, 0.15) is 9.84 Å². The SMILES string of the molecule is CCNC(CCCS(C)(=O)=O)C1CCC(F)(F)CC1. The van der Waals surface area contributed by atoms with Crippen molar-refractivity contribution in [3.63, 3.8) is 0 Å². The maximum absolute atomic E-state index is 13.1. The van der Waals surface area contributed by atoms with E-state index in [-0.39, 0.29) is 30.6 Å². The smallest absolute Gasteiger partial charge is 0.248 e. The van der Waals surface area contributed by atoms with Crippen molar-refractivity contribution in [1.82, 2.24) is 5.32 Å². The van der Waals surface area contributed by atoms with Crippen LogP contribution in [0.1, 0.15) is 45.4 Å². The van der Waals surface area contributed by atoms with Gasteiger partial charge in [-0.2, -0.15) is 0 Å². The Morgan fingerprint density at radius 3 is 2.37 bits per heavy atom. The lowest BCUT2D eigenvalue weighted by Gasteiger charge is -2.34. The van der Waals surface area contributed by atoms with Gasteiger partial charge in [0.2, 0.25) is 5.92 Å². The van der Waals surface area contributed by atoms with Gasteiger partial charge in [0, 0.05) is 30.9 Å². The molecule has 1 rings (SSSR count). The van der Waals surface area contributed by atoms with Crippen LogP contribution in [0.15, 0.2) is 0 Å². The van der Waals surface area contributed by atoms with Crippen molar-refractivity contribution in [2.45, 2.75) is 57.4 Å². The van der Waals surface area contributed by atoms with Crippen molar-refractivity contribution in [3.05, 3.63) is 0 Å². The number of hydrogen-bond donors (Lipinski definition) is 1. The molecule has 6 heteroatoms. The molecule has 0 spiro atoms. The minimum absolute atomic E-state index is 0.0361. The summed E-state index contributed by atoms with van der Waals surface area (Å²) in [6.45, 7) is 2.78. The fourth-order valence-electron chi connectivity index (χ4n) is 2.80. The highest BCUT2D eigenvalue weighted by Gasteiger charge is 2.37. The van der Waals surface area contributed by atoms with Crippen LogP contribution < -0.4 is 5.32 Å². The van der Waals surface area contributed by atoms with Gasteiger partial charge in [0.15, 0.2) is 0 Å². The van der Waals surface area contributed by atoms with Crippen LogP contribution in [0.5, 0.6) is 0 Å². The molecule has 1 unspecified atom stereocenters. The van der Waals surface area contributed by atoms with Crippen LogP contribution in [-0.2, 0) is 9.84 Å². The van der Waals surface area contributed by atoms with Crippen molar-refractivity contribution < 1.29 is 17.2 Å². The average molecular weight is 297 g/mol. The third-order valence-corrected chi connectivity index (χ3v) is 4.86. The molecule has 0 aromatic heterocycles. The molecule has 0 aromatic rings. The van der Waals surface area contributed by atoms with Gasteiger partial charge in [0.25, 0.3) is 0 Å². The maximum atomic E-state index is 13.1.